The van der Waals surface area contributed by atoms with Crippen LogP contribution < -0.4 is 10.2 Å². The van der Waals surface area contributed by atoms with E-state index in [1.807, 2.05) is 47.0 Å². The number of allylic oxidation sites excluding steroid dienone is 1. The van der Waals surface area contributed by atoms with Gasteiger partial charge < -0.3 is 10.2 Å². The molecule has 0 aliphatic carbocycles. The number of rotatable bonds is 10. The van der Waals surface area contributed by atoms with Gasteiger partial charge in [0.25, 0.3) is 0 Å². The highest BCUT2D eigenvalue weighted by Gasteiger charge is 2.15. The van der Waals surface area contributed by atoms with Crippen LogP contribution >= 0.6 is 11.8 Å². The summed E-state index contributed by atoms with van der Waals surface area (Å²) >= 11 is 1.34. The van der Waals surface area contributed by atoms with Crippen molar-refractivity contribution in [3.05, 3.63) is 61.3 Å². The fourth-order valence-corrected chi connectivity index (χ4v) is 3.79. The molecule has 3 rings (SSSR count). The molecule has 0 radical (unpaired) electrons. The Labute approximate surface area is 181 Å². The Hall–Kier alpha value is -3.13. The maximum absolute atomic E-state index is 12.4. The lowest BCUT2D eigenvalue weighted by Gasteiger charge is -2.21. The zero-order chi connectivity index (χ0) is 21.3. The number of pyridine rings is 1. The molecule has 30 heavy (non-hydrogen) atoms. The number of hydrogen-bond donors (Lipinski definition) is 1. The maximum Gasteiger partial charge on any atom is 0.234 e. The summed E-state index contributed by atoms with van der Waals surface area (Å²) in [6.07, 6.45) is 3.49. The van der Waals surface area contributed by atoms with Gasteiger partial charge >= 0.3 is 0 Å². The molecule has 3 aromatic rings. The van der Waals surface area contributed by atoms with E-state index in [1.165, 1.54) is 11.8 Å². The van der Waals surface area contributed by atoms with E-state index in [-0.39, 0.29) is 11.7 Å². The van der Waals surface area contributed by atoms with Crippen molar-refractivity contribution in [1.82, 2.24) is 19.7 Å². The van der Waals surface area contributed by atoms with Crippen molar-refractivity contribution in [2.24, 2.45) is 0 Å². The summed E-state index contributed by atoms with van der Waals surface area (Å²) in [5.41, 5.74) is 2.65. The molecule has 1 N–H and O–H groups in total. The molecule has 156 valence electrons. The Morgan fingerprint density at radius 2 is 1.93 bits per heavy atom. The summed E-state index contributed by atoms with van der Waals surface area (Å²) in [6, 6.07) is 13.5. The first-order valence-electron chi connectivity index (χ1n) is 9.89. The van der Waals surface area contributed by atoms with Crippen molar-refractivity contribution in [3.63, 3.8) is 0 Å². The fourth-order valence-electron chi connectivity index (χ4n) is 3.05. The highest BCUT2D eigenvalue weighted by molar-refractivity contribution is 7.99. The second-order valence-corrected chi connectivity index (χ2v) is 7.42. The van der Waals surface area contributed by atoms with Gasteiger partial charge in [0.2, 0.25) is 5.91 Å². The van der Waals surface area contributed by atoms with Crippen LogP contribution in [0.15, 0.2) is 66.5 Å². The predicted molar refractivity (Wildman–Crippen MR) is 123 cm³/mol. The van der Waals surface area contributed by atoms with Crippen LogP contribution in [-0.2, 0) is 11.3 Å². The lowest BCUT2D eigenvalue weighted by Crippen LogP contribution is -2.21. The average Bonchev–Trinajstić information content (AvgIpc) is 3.18. The molecule has 1 aromatic carbocycles. The van der Waals surface area contributed by atoms with Gasteiger partial charge in [-0.2, -0.15) is 0 Å². The van der Waals surface area contributed by atoms with E-state index in [0.29, 0.717) is 17.5 Å². The Bertz CT molecular complexity index is 967. The molecule has 8 heteroatoms. The number of carbonyl (C=O) groups excluding carboxylic acids is 1. The largest absolute Gasteiger partial charge is 0.372 e. The molecule has 2 heterocycles. The number of thioether (sulfide) groups is 1. The standard InChI is InChI=1S/C22H26N6OS/c1-4-15-28-21(19-9-7-8-14-23-19)25-26-22(28)30-16-20(29)24-17-10-12-18(13-11-17)27(5-2)6-3/h4,7-14H,1,5-6,15-16H2,2-3H3,(H,24,29). The summed E-state index contributed by atoms with van der Waals surface area (Å²) in [4.78, 5) is 19.0. The molecule has 0 saturated carbocycles. The highest BCUT2D eigenvalue weighted by Crippen LogP contribution is 2.23. The molecule has 0 unspecified atom stereocenters. The van der Waals surface area contributed by atoms with Crippen molar-refractivity contribution in [2.75, 3.05) is 29.1 Å². The van der Waals surface area contributed by atoms with Crippen LogP contribution in [0.3, 0.4) is 0 Å². The normalized spacial score (nSPS) is 10.6. The number of benzene rings is 1. The van der Waals surface area contributed by atoms with Crippen LogP contribution in [0.4, 0.5) is 11.4 Å². The smallest absolute Gasteiger partial charge is 0.234 e. The van der Waals surface area contributed by atoms with Crippen molar-refractivity contribution in [3.8, 4) is 11.5 Å². The van der Waals surface area contributed by atoms with E-state index >= 15 is 0 Å². The van der Waals surface area contributed by atoms with E-state index in [9.17, 15) is 4.79 Å². The Morgan fingerprint density at radius 3 is 2.57 bits per heavy atom. The molecule has 0 saturated heterocycles. The Kier molecular flexibility index (Phi) is 7.62. The number of nitrogens with zero attached hydrogens (tertiary/aromatic N) is 5. The number of nitrogens with one attached hydrogen (secondary N) is 1. The zero-order valence-electron chi connectivity index (χ0n) is 17.3. The zero-order valence-corrected chi connectivity index (χ0v) is 18.1. The van der Waals surface area contributed by atoms with Gasteiger partial charge in [0.15, 0.2) is 11.0 Å². The second kappa shape index (κ2) is 10.6. The fraction of sp³-hybridized carbons (Fsp3) is 0.273. The minimum absolute atomic E-state index is 0.0943. The molecule has 2 aromatic heterocycles. The lowest BCUT2D eigenvalue weighted by molar-refractivity contribution is -0.113. The van der Waals surface area contributed by atoms with Gasteiger partial charge in [-0.15, -0.1) is 16.8 Å². The number of anilines is 2. The van der Waals surface area contributed by atoms with Crippen LogP contribution in [0.5, 0.6) is 0 Å². The van der Waals surface area contributed by atoms with E-state index in [1.54, 1.807) is 12.3 Å². The molecule has 0 aliphatic rings. The SMILES string of the molecule is C=CCn1c(SCC(=O)Nc2ccc(N(CC)CC)cc2)nnc1-c1ccccn1. The third-order valence-electron chi connectivity index (χ3n) is 4.53. The highest BCUT2D eigenvalue weighted by atomic mass is 32.2. The number of hydrogen-bond acceptors (Lipinski definition) is 6. The van der Waals surface area contributed by atoms with Gasteiger partial charge in [-0.1, -0.05) is 23.9 Å². The van der Waals surface area contributed by atoms with Crippen LogP contribution in [0, 0.1) is 0 Å². The molecule has 0 aliphatic heterocycles. The Morgan fingerprint density at radius 1 is 1.17 bits per heavy atom. The first-order valence-corrected chi connectivity index (χ1v) is 10.9. The van der Waals surface area contributed by atoms with Crippen LogP contribution in [0.1, 0.15) is 13.8 Å². The molecule has 0 spiro atoms. The topological polar surface area (TPSA) is 75.9 Å². The number of aromatic nitrogens is 4. The van der Waals surface area contributed by atoms with Crippen LogP contribution in [-0.4, -0.2) is 44.5 Å². The van der Waals surface area contributed by atoms with Gasteiger partial charge in [-0.25, -0.2) is 0 Å². The molecule has 0 atom stereocenters. The molecule has 7 nitrogen and oxygen atoms in total. The molecular formula is C22H26N6OS. The van der Waals surface area contributed by atoms with Gasteiger partial charge in [0, 0.05) is 37.2 Å². The average molecular weight is 423 g/mol. The first-order chi connectivity index (χ1) is 14.7. The summed E-state index contributed by atoms with van der Waals surface area (Å²) < 4.78 is 1.91. The Balaban J connectivity index is 1.63. The quantitative estimate of drug-likeness (QED) is 0.392. The minimum Gasteiger partial charge on any atom is -0.372 e. The molecule has 0 fully saturated rings. The van der Waals surface area contributed by atoms with E-state index in [4.69, 9.17) is 0 Å². The van der Waals surface area contributed by atoms with Crippen molar-refractivity contribution < 1.29 is 4.79 Å². The van der Waals surface area contributed by atoms with Crippen molar-refractivity contribution >= 4 is 29.0 Å². The molecular weight excluding hydrogens is 396 g/mol. The van der Waals surface area contributed by atoms with Gasteiger partial charge in [-0.05, 0) is 50.2 Å². The van der Waals surface area contributed by atoms with E-state index < -0.39 is 0 Å². The molecule has 0 bridgehead atoms. The monoisotopic (exact) mass is 422 g/mol. The predicted octanol–water partition coefficient (Wildman–Crippen LogP) is 4.10. The van der Waals surface area contributed by atoms with Gasteiger partial charge in [0.1, 0.15) is 5.69 Å². The van der Waals surface area contributed by atoms with Gasteiger partial charge in [-0.3, -0.25) is 14.3 Å². The lowest BCUT2D eigenvalue weighted by atomic mass is 10.2. The number of amides is 1. The van der Waals surface area contributed by atoms with Crippen LogP contribution in [0.25, 0.3) is 11.5 Å². The van der Waals surface area contributed by atoms with Crippen LogP contribution in [0.2, 0.25) is 0 Å². The van der Waals surface area contributed by atoms with Crippen molar-refractivity contribution in [1.29, 1.82) is 0 Å². The summed E-state index contributed by atoms with van der Waals surface area (Å²) in [5, 5.41) is 12.1. The maximum atomic E-state index is 12.4. The minimum atomic E-state index is -0.0943. The summed E-state index contributed by atoms with van der Waals surface area (Å²) in [7, 11) is 0. The van der Waals surface area contributed by atoms with Gasteiger partial charge in [0.05, 0.1) is 5.75 Å². The summed E-state index contributed by atoms with van der Waals surface area (Å²) in [5.74, 6) is 0.795. The third kappa shape index (κ3) is 5.27. The van der Waals surface area contributed by atoms with E-state index in [2.05, 4.69) is 45.8 Å². The molecule has 1 amide bonds. The third-order valence-corrected chi connectivity index (χ3v) is 5.50. The van der Waals surface area contributed by atoms with E-state index in [0.717, 1.165) is 30.2 Å². The second-order valence-electron chi connectivity index (χ2n) is 6.48. The van der Waals surface area contributed by atoms with Crippen molar-refractivity contribution in [2.45, 2.75) is 25.5 Å². The summed E-state index contributed by atoms with van der Waals surface area (Å²) in [6.45, 7) is 10.5. The first kappa shape index (κ1) is 21.6. The number of carbonyl (C=O) groups is 1.